The highest BCUT2D eigenvalue weighted by atomic mass is 32.2. The minimum Gasteiger partial charge on any atom is -0.378 e. The van der Waals surface area contributed by atoms with Gasteiger partial charge in [-0.2, -0.15) is 18.4 Å². The lowest BCUT2D eigenvalue weighted by Gasteiger charge is -2.28. The molecule has 7 heteroatoms. The summed E-state index contributed by atoms with van der Waals surface area (Å²) in [5, 5.41) is 4.10. The number of hydrazone groups is 1. The lowest BCUT2D eigenvalue weighted by Crippen LogP contribution is -2.36. The Morgan fingerprint density at radius 2 is 1.74 bits per heavy atom. The molecule has 0 bridgehead atoms. The molecule has 3 rings (SSSR count). The summed E-state index contributed by atoms with van der Waals surface area (Å²) in [5.74, 6) is 0. The summed E-state index contributed by atoms with van der Waals surface area (Å²) in [5.41, 5.74) is 4.19. The van der Waals surface area contributed by atoms with Crippen molar-refractivity contribution in [3.63, 3.8) is 0 Å². The molecular weight excluding hydrogens is 362 g/mol. The first-order valence-corrected chi connectivity index (χ1v) is 10.4. The van der Waals surface area contributed by atoms with Crippen molar-refractivity contribution in [2.24, 2.45) is 5.10 Å². The number of aryl methyl sites for hydroxylation is 2. The second-order valence-electron chi connectivity index (χ2n) is 6.71. The fourth-order valence-corrected chi connectivity index (χ4v) is 4.16. The molecule has 0 amide bonds. The van der Waals surface area contributed by atoms with Crippen molar-refractivity contribution in [3.05, 3.63) is 59.2 Å². The molecular formula is C20H25N3O3S. The first-order valence-electron chi connectivity index (χ1n) is 8.93. The van der Waals surface area contributed by atoms with Crippen molar-refractivity contribution in [2.45, 2.75) is 25.7 Å². The Morgan fingerprint density at radius 1 is 1.07 bits per heavy atom. The number of ether oxygens (including phenoxy) is 1. The minimum absolute atomic E-state index is 0.252. The van der Waals surface area contributed by atoms with Crippen LogP contribution in [0.5, 0.6) is 0 Å². The Balaban J connectivity index is 1.74. The smallest absolute Gasteiger partial charge is 0.276 e. The molecule has 1 fully saturated rings. The number of hydrogen-bond donors (Lipinski definition) is 1. The van der Waals surface area contributed by atoms with Crippen molar-refractivity contribution in [2.75, 3.05) is 31.2 Å². The molecule has 0 unspecified atom stereocenters. The molecule has 0 aliphatic carbocycles. The Hall–Kier alpha value is -2.38. The van der Waals surface area contributed by atoms with Crippen LogP contribution in [0, 0.1) is 13.8 Å². The van der Waals surface area contributed by atoms with Gasteiger partial charge in [0.1, 0.15) is 0 Å². The van der Waals surface area contributed by atoms with Crippen LogP contribution >= 0.6 is 0 Å². The molecule has 6 nitrogen and oxygen atoms in total. The maximum absolute atomic E-state index is 12.6. The van der Waals surface area contributed by atoms with Crippen LogP contribution in [0.25, 0.3) is 0 Å². The van der Waals surface area contributed by atoms with Gasteiger partial charge in [-0.3, -0.25) is 0 Å². The topological polar surface area (TPSA) is 71.0 Å². The van der Waals surface area contributed by atoms with Crippen molar-refractivity contribution in [1.29, 1.82) is 0 Å². The third-order valence-corrected chi connectivity index (χ3v) is 5.98. The van der Waals surface area contributed by atoms with E-state index in [1.54, 1.807) is 26.0 Å². The van der Waals surface area contributed by atoms with E-state index in [0.29, 0.717) is 11.3 Å². The third-order valence-electron chi connectivity index (χ3n) is 4.63. The highest BCUT2D eigenvalue weighted by Crippen LogP contribution is 2.18. The number of anilines is 1. The van der Waals surface area contributed by atoms with Gasteiger partial charge >= 0.3 is 0 Å². The number of benzene rings is 2. The minimum atomic E-state index is -3.70. The maximum Gasteiger partial charge on any atom is 0.276 e. The summed E-state index contributed by atoms with van der Waals surface area (Å²) >= 11 is 0. The molecule has 144 valence electrons. The van der Waals surface area contributed by atoms with Gasteiger partial charge in [-0.1, -0.05) is 24.3 Å². The second-order valence-corrected chi connectivity index (χ2v) is 8.34. The monoisotopic (exact) mass is 387 g/mol. The zero-order valence-corrected chi connectivity index (χ0v) is 16.7. The van der Waals surface area contributed by atoms with E-state index < -0.39 is 10.0 Å². The number of nitrogens with zero attached hydrogens (tertiary/aromatic N) is 2. The Bertz CT molecular complexity index is 931. The highest BCUT2D eigenvalue weighted by molar-refractivity contribution is 7.89. The number of morpholine rings is 1. The Labute approximate surface area is 160 Å². The van der Waals surface area contributed by atoms with Gasteiger partial charge < -0.3 is 9.64 Å². The summed E-state index contributed by atoms with van der Waals surface area (Å²) in [4.78, 5) is 4.87. The van der Waals surface area contributed by atoms with Crippen LogP contribution in [0.15, 0.2) is 52.5 Å². The van der Waals surface area contributed by atoms with Crippen LogP contribution in [-0.2, 0) is 14.8 Å². The average Bonchev–Trinajstić information content (AvgIpc) is 2.69. The van der Waals surface area contributed by atoms with Gasteiger partial charge in [0.25, 0.3) is 10.0 Å². The van der Waals surface area contributed by atoms with E-state index in [0.717, 1.165) is 43.1 Å². The molecule has 2 aromatic carbocycles. The Morgan fingerprint density at radius 3 is 2.41 bits per heavy atom. The molecule has 1 saturated heterocycles. The molecule has 0 saturated carbocycles. The summed E-state index contributed by atoms with van der Waals surface area (Å²) in [6.45, 7) is 8.65. The van der Waals surface area contributed by atoms with E-state index in [2.05, 4.69) is 14.8 Å². The first kappa shape index (κ1) is 19.4. The van der Waals surface area contributed by atoms with Crippen LogP contribution in [0.4, 0.5) is 5.69 Å². The van der Waals surface area contributed by atoms with Crippen LogP contribution in [0.1, 0.15) is 23.6 Å². The van der Waals surface area contributed by atoms with Crippen LogP contribution < -0.4 is 9.73 Å². The molecule has 27 heavy (non-hydrogen) atoms. The predicted molar refractivity (Wildman–Crippen MR) is 108 cm³/mol. The number of hydrogen-bond acceptors (Lipinski definition) is 5. The van der Waals surface area contributed by atoms with Crippen molar-refractivity contribution >= 4 is 21.4 Å². The molecule has 0 radical (unpaired) electrons. The van der Waals surface area contributed by atoms with Gasteiger partial charge in [-0.15, -0.1) is 0 Å². The molecule has 1 aliphatic heterocycles. The van der Waals surface area contributed by atoms with Gasteiger partial charge in [0.2, 0.25) is 0 Å². The lowest BCUT2D eigenvalue weighted by atomic mass is 10.1. The zero-order valence-electron chi connectivity index (χ0n) is 15.9. The lowest BCUT2D eigenvalue weighted by molar-refractivity contribution is 0.122. The molecule has 2 aromatic rings. The van der Waals surface area contributed by atoms with Gasteiger partial charge in [0, 0.05) is 18.8 Å². The van der Waals surface area contributed by atoms with E-state index in [-0.39, 0.29) is 4.90 Å². The third kappa shape index (κ3) is 4.67. The van der Waals surface area contributed by atoms with E-state index >= 15 is 0 Å². The maximum atomic E-state index is 12.6. The molecule has 1 N–H and O–H groups in total. The standard InChI is InChI=1S/C20H25N3O3S/c1-15-4-5-16(2)20(14-15)27(24,25)22-21-17(3)18-6-8-19(9-7-18)23-10-12-26-13-11-23/h4-9,14,22H,10-13H2,1-3H3. The predicted octanol–water partition coefficient (Wildman–Crippen LogP) is 2.84. The fraction of sp³-hybridized carbons (Fsp3) is 0.350. The van der Waals surface area contributed by atoms with Gasteiger partial charge in [-0.05, 0) is 55.7 Å². The summed E-state index contributed by atoms with van der Waals surface area (Å²) < 4.78 is 30.5. The molecule has 0 aromatic heterocycles. The molecule has 0 atom stereocenters. The van der Waals surface area contributed by atoms with Crippen molar-refractivity contribution in [1.82, 2.24) is 4.83 Å². The highest BCUT2D eigenvalue weighted by Gasteiger charge is 2.16. The van der Waals surface area contributed by atoms with Gasteiger partial charge in [0.15, 0.2) is 0 Å². The largest absolute Gasteiger partial charge is 0.378 e. The SMILES string of the molecule is CC(=NNS(=O)(=O)c1cc(C)ccc1C)c1ccc(N2CCOCC2)cc1. The number of nitrogens with one attached hydrogen (secondary N) is 1. The quantitative estimate of drug-likeness (QED) is 0.633. The van der Waals surface area contributed by atoms with Crippen LogP contribution in [0.3, 0.4) is 0 Å². The van der Waals surface area contributed by atoms with E-state index in [1.165, 1.54) is 0 Å². The van der Waals surface area contributed by atoms with E-state index in [1.807, 2.05) is 37.3 Å². The Kier molecular flexibility index (Phi) is 5.82. The summed E-state index contributed by atoms with van der Waals surface area (Å²) in [6, 6.07) is 13.3. The van der Waals surface area contributed by atoms with Crippen LogP contribution in [-0.4, -0.2) is 40.4 Å². The average molecular weight is 388 g/mol. The van der Waals surface area contributed by atoms with Crippen molar-refractivity contribution in [3.8, 4) is 0 Å². The number of rotatable bonds is 5. The summed E-state index contributed by atoms with van der Waals surface area (Å²) in [7, 11) is -3.70. The van der Waals surface area contributed by atoms with Crippen molar-refractivity contribution < 1.29 is 13.2 Å². The zero-order chi connectivity index (χ0) is 19.4. The van der Waals surface area contributed by atoms with E-state index in [4.69, 9.17) is 4.74 Å². The number of sulfonamides is 1. The summed E-state index contributed by atoms with van der Waals surface area (Å²) in [6.07, 6.45) is 0. The first-order chi connectivity index (χ1) is 12.9. The second kappa shape index (κ2) is 8.10. The van der Waals surface area contributed by atoms with Gasteiger partial charge in [-0.25, -0.2) is 0 Å². The molecule has 1 heterocycles. The van der Waals surface area contributed by atoms with Crippen LogP contribution in [0.2, 0.25) is 0 Å². The van der Waals surface area contributed by atoms with Gasteiger partial charge in [0.05, 0.1) is 23.8 Å². The molecule has 0 spiro atoms. The normalized spacial score (nSPS) is 15.7. The fourth-order valence-electron chi connectivity index (χ4n) is 2.97. The van der Waals surface area contributed by atoms with E-state index in [9.17, 15) is 8.42 Å². The molecule has 1 aliphatic rings.